The second-order valence-electron chi connectivity index (χ2n) is 6.25. The monoisotopic (exact) mass is 275 g/mol. The SMILES string of the molecule is Cc1ncc([C@@H]2CCON2C(O)C(C)(C)C)cc1C#N. The molecule has 1 saturated heterocycles. The van der Waals surface area contributed by atoms with Crippen molar-refractivity contribution in [3.8, 4) is 6.07 Å². The average molecular weight is 275 g/mol. The van der Waals surface area contributed by atoms with E-state index in [1.54, 1.807) is 11.3 Å². The second-order valence-corrected chi connectivity index (χ2v) is 6.25. The van der Waals surface area contributed by atoms with Crippen LogP contribution in [0, 0.1) is 23.7 Å². The van der Waals surface area contributed by atoms with Crippen LogP contribution in [0.5, 0.6) is 0 Å². The maximum Gasteiger partial charge on any atom is 0.135 e. The number of hydroxylamine groups is 2. The fraction of sp³-hybridized carbons (Fsp3) is 0.600. The van der Waals surface area contributed by atoms with Crippen LogP contribution in [-0.2, 0) is 4.84 Å². The van der Waals surface area contributed by atoms with Crippen molar-refractivity contribution in [2.45, 2.75) is 46.4 Å². The quantitative estimate of drug-likeness (QED) is 0.897. The van der Waals surface area contributed by atoms with Gasteiger partial charge in [-0.15, -0.1) is 0 Å². The van der Waals surface area contributed by atoms with E-state index in [4.69, 9.17) is 10.1 Å². The van der Waals surface area contributed by atoms with E-state index in [2.05, 4.69) is 11.1 Å². The first-order chi connectivity index (χ1) is 9.34. The first-order valence-corrected chi connectivity index (χ1v) is 6.80. The molecule has 0 aromatic carbocycles. The molecule has 1 aliphatic rings. The summed E-state index contributed by atoms with van der Waals surface area (Å²) >= 11 is 0. The Morgan fingerprint density at radius 2 is 2.25 bits per heavy atom. The third kappa shape index (κ3) is 2.83. The molecule has 0 saturated carbocycles. The van der Waals surface area contributed by atoms with Gasteiger partial charge in [-0.3, -0.25) is 9.82 Å². The van der Waals surface area contributed by atoms with Gasteiger partial charge in [0.15, 0.2) is 0 Å². The van der Waals surface area contributed by atoms with Crippen LogP contribution in [0.1, 0.15) is 50.1 Å². The van der Waals surface area contributed by atoms with Gasteiger partial charge in [-0.1, -0.05) is 20.8 Å². The van der Waals surface area contributed by atoms with E-state index >= 15 is 0 Å². The maximum absolute atomic E-state index is 10.4. The number of rotatable bonds is 2. The van der Waals surface area contributed by atoms with Crippen molar-refractivity contribution >= 4 is 0 Å². The predicted molar refractivity (Wildman–Crippen MR) is 74.3 cm³/mol. The normalized spacial score (nSPS) is 21.7. The van der Waals surface area contributed by atoms with Crippen LogP contribution in [0.3, 0.4) is 0 Å². The highest BCUT2D eigenvalue weighted by Crippen LogP contribution is 2.36. The van der Waals surface area contributed by atoms with Gasteiger partial charge in [-0.05, 0) is 25.0 Å². The lowest BCUT2D eigenvalue weighted by atomic mass is 9.92. The highest BCUT2D eigenvalue weighted by molar-refractivity contribution is 5.36. The van der Waals surface area contributed by atoms with Gasteiger partial charge in [-0.25, -0.2) is 0 Å². The zero-order valence-corrected chi connectivity index (χ0v) is 12.4. The minimum atomic E-state index is -0.707. The molecule has 0 spiro atoms. The molecule has 5 nitrogen and oxygen atoms in total. The van der Waals surface area contributed by atoms with Crippen molar-refractivity contribution in [2.75, 3.05) is 6.61 Å². The Morgan fingerprint density at radius 1 is 1.55 bits per heavy atom. The summed E-state index contributed by atoms with van der Waals surface area (Å²) < 4.78 is 0. The molecular weight excluding hydrogens is 254 g/mol. The standard InChI is InChI=1S/C15H21N3O2/c1-10-11(8-16)7-12(9-17-10)13-5-6-20-18(13)14(19)15(2,3)4/h7,9,13-14,19H,5-6H2,1-4H3/t13-,14?/m0/s1. The topological polar surface area (TPSA) is 69.4 Å². The molecule has 0 aliphatic carbocycles. The highest BCUT2D eigenvalue weighted by atomic mass is 16.7. The first-order valence-electron chi connectivity index (χ1n) is 6.80. The molecule has 1 aromatic heterocycles. The Bertz CT molecular complexity index is 531. The third-order valence-electron chi connectivity index (χ3n) is 3.57. The van der Waals surface area contributed by atoms with Crippen molar-refractivity contribution < 1.29 is 9.94 Å². The zero-order chi connectivity index (χ0) is 14.9. The molecule has 1 unspecified atom stereocenters. The van der Waals surface area contributed by atoms with Gasteiger partial charge < -0.3 is 5.11 Å². The maximum atomic E-state index is 10.4. The van der Waals surface area contributed by atoms with Gasteiger partial charge >= 0.3 is 0 Å². The van der Waals surface area contributed by atoms with Crippen molar-refractivity contribution in [3.63, 3.8) is 0 Å². The molecule has 5 heteroatoms. The fourth-order valence-corrected chi connectivity index (χ4v) is 2.27. The fourth-order valence-electron chi connectivity index (χ4n) is 2.27. The van der Waals surface area contributed by atoms with Gasteiger partial charge in [0.25, 0.3) is 0 Å². The second kappa shape index (κ2) is 5.49. The number of pyridine rings is 1. The van der Waals surface area contributed by atoms with Gasteiger partial charge in [0.05, 0.1) is 23.9 Å². The molecular formula is C15H21N3O2. The Hall–Kier alpha value is -1.48. The summed E-state index contributed by atoms with van der Waals surface area (Å²) in [4.78, 5) is 9.85. The molecule has 2 heterocycles. The lowest BCUT2D eigenvalue weighted by Gasteiger charge is -2.35. The molecule has 0 radical (unpaired) electrons. The highest BCUT2D eigenvalue weighted by Gasteiger charge is 2.38. The van der Waals surface area contributed by atoms with E-state index in [1.807, 2.05) is 33.8 Å². The van der Waals surface area contributed by atoms with Crippen LogP contribution in [-0.4, -0.2) is 28.0 Å². The molecule has 20 heavy (non-hydrogen) atoms. The first kappa shape index (κ1) is 14.9. The van der Waals surface area contributed by atoms with Crippen LogP contribution in [0.2, 0.25) is 0 Å². The van der Waals surface area contributed by atoms with E-state index in [0.717, 1.165) is 17.7 Å². The number of aliphatic hydroxyl groups excluding tert-OH is 1. The van der Waals surface area contributed by atoms with E-state index in [1.165, 1.54) is 0 Å². The zero-order valence-electron chi connectivity index (χ0n) is 12.4. The van der Waals surface area contributed by atoms with Crippen LogP contribution >= 0.6 is 0 Å². The number of hydrogen-bond donors (Lipinski definition) is 1. The molecule has 2 atom stereocenters. The summed E-state index contributed by atoms with van der Waals surface area (Å²) in [6.07, 6.45) is 1.84. The van der Waals surface area contributed by atoms with E-state index in [-0.39, 0.29) is 11.5 Å². The van der Waals surface area contributed by atoms with Crippen LogP contribution in [0.15, 0.2) is 12.3 Å². The van der Waals surface area contributed by atoms with Crippen LogP contribution in [0.4, 0.5) is 0 Å². The van der Waals surface area contributed by atoms with Crippen LogP contribution in [0.25, 0.3) is 0 Å². The van der Waals surface area contributed by atoms with Crippen molar-refractivity contribution in [1.29, 1.82) is 5.26 Å². The molecule has 108 valence electrons. The van der Waals surface area contributed by atoms with Crippen LogP contribution < -0.4 is 0 Å². The molecule has 1 N–H and O–H groups in total. The molecule has 0 amide bonds. The van der Waals surface area contributed by atoms with E-state index in [0.29, 0.717) is 12.2 Å². The Labute approximate surface area is 119 Å². The minimum absolute atomic E-state index is 0.0653. The number of aliphatic hydroxyl groups is 1. The number of aromatic nitrogens is 1. The average Bonchev–Trinajstić information content (AvgIpc) is 2.86. The van der Waals surface area contributed by atoms with Gasteiger partial charge in [0, 0.05) is 11.6 Å². The molecule has 2 rings (SSSR count). The number of hydrogen-bond acceptors (Lipinski definition) is 5. The number of nitriles is 1. The van der Waals surface area contributed by atoms with Gasteiger partial charge in [-0.2, -0.15) is 10.3 Å². The number of nitrogens with zero attached hydrogens (tertiary/aromatic N) is 3. The lowest BCUT2D eigenvalue weighted by molar-refractivity contribution is -0.252. The summed E-state index contributed by atoms with van der Waals surface area (Å²) in [5, 5.41) is 21.2. The van der Waals surface area contributed by atoms with Crippen molar-refractivity contribution in [1.82, 2.24) is 10.0 Å². The van der Waals surface area contributed by atoms with Gasteiger partial charge in [0.2, 0.25) is 0 Å². The Morgan fingerprint density at radius 3 is 2.85 bits per heavy atom. The smallest absolute Gasteiger partial charge is 0.135 e. The predicted octanol–water partition coefficient (Wildman–Crippen LogP) is 2.30. The summed E-state index contributed by atoms with van der Waals surface area (Å²) in [5.74, 6) is 0. The minimum Gasteiger partial charge on any atom is -0.376 e. The summed E-state index contributed by atoms with van der Waals surface area (Å²) in [6, 6.07) is 3.92. The summed E-state index contributed by atoms with van der Waals surface area (Å²) in [7, 11) is 0. The lowest BCUT2D eigenvalue weighted by Crippen LogP contribution is -2.42. The molecule has 1 aliphatic heterocycles. The van der Waals surface area contributed by atoms with Crippen molar-refractivity contribution in [2.24, 2.45) is 5.41 Å². The van der Waals surface area contributed by atoms with Gasteiger partial charge in [0.1, 0.15) is 12.3 Å². The number of aryl methyl sites for hydroxylation is 1. The largest absolute Gasteiger partial charge is 0.376 e. The summed E-state index contributed by atoms with van der Waals surface area (Å²) in [6.45, 7) is 8.27. The Kier molecular flexibility index (Phi) is 4.09. The Balaban J connectivity index is 2.30. The van der Waals surface area contributed by atoms with E-state index < -0.39 is 6.23 Å². The third-order valence-corrected chi connectivity index (χ3v) is 3.57. The van der Waals surface area contributed by atoms with E-state index in [9.17, 15) is 5.11 Å². The summed E-state index contributed by atoms with van der Waals surface area (Å²) in [5.41, 5.74) is 1.89. The molecule has 0 bridgehead atoms. The van der Waals surface area contributed by atoms with Crippen molar-refractivity contribution in [3.05, 3.63) is 29.1 Å². The molecule has 1 fully saturated rings. The molecule has 1 aromatic rings.